The third kappa shape index (κ3) is 5.83. The molecule has 1 aliphatic carbocycles. The van der Waals surface area contributed by atoms with Crippen molar-refractivity contribution in [3.8, 4) is 11.1 Å². The highest BCUT2D eigenvalue weighted by molar-refractivity contribution is 7.92. The summed E-state index contributed by atoms with van der Waals surface area (Å²) in [5.41, 5.74) is 9.50. The largest absolute Gasteiger partial charge is 0.588 e. The van der Waals surface area contributed by atoms with E-state index in [1.165, 1.54) is 6.07 Å². The predicted octanol–water partition coefficient (Wildman–Crippen LogP) is 6.47. The van der Waals surface area contributed by atoms with Crippen LogP contribution >= 0.6 is 11.6 Å². The molecule has 1 atom stereocenters. The van der Waals surface area contributed by atoms with Crippen molar-refractivity contribution in [3.63, 3.8) is 0 Å². The van der Waals surface area contributed by atoms with E-state index in [-0.39, 0.29) is 6.04 Å². The maximum atomic E-state index is 15.2. The quantitative estimate of drug-likeness (QED) is 0.234. The fourth-order valence-corrected chi connectivity index (χ4v) is 5.97. The van der Waals surface area contributed by atoms with Gasteiger partial charge in [0.25, 0.3) is 0 Å². The number of nitrogens with two attached hydrogens (primary N) is 1. The Morgan fingerprint density at radius 1 is 1.11 bits per heavy atom. The first-order chi connectivity index (χ1) is 17.9. The number of anilines is 2. The average molecular weight is 538 g/mol. The number of halogens is 2. The van der Waals surface area contributed by atoms with Gasteiger partial charge in [-0.25, -0.2) is 19.1 Å². The minimum Gasteiger partial charge on any atom is -0.588 e. The van der Waals surface area contributed by atoms with Crippen molar-refractivity contribution < 1.29 is 8.94 Å². The van der Waals surface area contributed by atoms with Crippen molar-refractivity contribution >= 4 is 45.5 Å². The zero-order chi connectivity index (χ0) is 25.9. The summed E-state index contributed by atoms with van der Waals surface area (Å²) in [6.07, 6.45) is 6.57. The first-order valence-corrected chi connectivity index (χ1v) is 14.0. The van der Waals surface area contributed by atoms with Crippen molar-refractivity contribution in [1.82, 2.24) is 9.97 Å². The molecule has 1 aromatic heterocycles. The minimum absolute atomic E-state index is 0.287. The van der Waals surface area contributed by atoms with Gasteiger partial charge in [0.05, 0.1) is 16.2 Å². The molecule has 9 heteroatoms. The van der Waals surface area contributed by atoms with Crippen LogP contribution in [0.15, 0.2) is 65.7 Å². The van der Waals surface area contributed by atoms with Gasteiger partial charge in [-0.15, -0.1) is 0 Å². The van der Waals surface area contributed by atoms with Crippen LogP contribution in [-0.2, 0) is 17.8 Å². The number of nitrogens with zero attached hydrogens (tertiary/aromatic N) is 2. The number of rotatable bonds is 7. The maximum absolute atomic E-state index is 15.2. The zero-order valence-electron chi connectivity index (χ0n) is 20.5. The SMILES string of the molecule is CCc1cc(-c2ccc(N[S+]([O-])c3ccccc3Cl)cc2F)cc2cnc(N[C@H]3CC[C@H](N)CC3)nc12. The number of aryl methyl sites for hydroxylation is 1. The molecule has 192 valence electrons. The van der Waals surface area contributed by atoms with Crippen LogP contribution in [-0.4, -0.2) is 26.6 Å². The van der Waals surface area contributed by atoms with Crippen LogP contribution in [0.2, 0.25) is 5.02 Å². The average Bonchev–Trinajstić information content (AvgIpc) is 2.89. The van der Waals surface area contributed by atoms with Crippen LogP contribution in [0.1, 0.15) is 38.2 Å². The van der Waals surface area contributed by atoms with Gasteiger partial charge in [0.2, 0.25) is 5.95 Å². The Labute approximate surface area is 224 Å². The number of hydrogen-bond donors (Lipinski definition) is 3. The highest BCUT2D eigenvalue weighted by atomic mass is 35.5. The number of benzene rings is 3. The van der Waals surface area contributed by atoms with Crippen molar-refractivity contribution in [3.05, 3.63) is 77.2 Å². The molecule has 0 aliphatic heterocycles. The molecule has 1 heterocycles. The molecule has 5 rings (SSSR count). The lowest BCUT2D eigenvalue weighted by Crippen LogP contribution is -2.33. The number of nitrogens with one attached hydrogen (secondary N) is 2. The third-order valence-electron chi connectivity index (χ3n) is 6.77. The van der Waals surface area contributed by atoms with Crippen LogP contribution < -0.4 is 15.8 Å². The molecule has 0 radical (unpaired) electrons. The second-order valence-corrected chi connectivity index (χ2v) is 11.0. The van der Waals surface area contributed by atoms with Crippen molar-refractivity contribution in [2.45, 2.75) is 56.0 Å². The molecule has 1 saturated carbocycles. The molecule has 37 heavy (non-hydrogen) atoms. The summed E-state index contributed by atoms with van der Waals surface area (Å²) in [7, 11) is 0. The number of fused-ring (bicyclic) bond motifs is 1. The van der Waals surface area contributed by atoms with E-state index in [0.29, 0.717) is 33.2 Å². The Balaban J connectivity index is 1.38. The summed E-state index contributed by atoms with van der Waals surface area (Å²) < 4.78 is 30.7. The van der Waals surface area contributed by atoms with Gasteiger partial charge in [0.15, 0.2) is 4.90 Å². The smallest absolute Gasteiger partial charge is 0.223 e. The summed E-state index contributed by atoms with van der Waals surface area (Å²) in [6, 6.07) is 16.1. The van der Waals surface area contributed by atoms with Gasteiger partial charge in [0, 0.05) is 35.3 Å². The minimum atomic E-state index is -1.61. The van der Waals surface area contributed by atoms with E-state index in [1.807, 2.05) is 12.1 Å². The van der Waals surface area contributed by atoms with Gasteiger partial charge in [-0.2, -0.15) is 0 Å². The third-order valence-corrected chi connectivity index (χ3v) is 8.39. The number of hydrogen-bond acceptors (Lipinski definition) is 6. The van der Waals surface area contributed by atoms with E-state index in [0.717, 1.165) is 54.1 Å². The van der Waals surface area contributed by atoms with E-state index >= 15 is 4.39 Å². The Hall–Kier alpha value is -2.91. The molecule has 0 spiro atoms. The molecule has 0 bridgehead atoms. The van der Waals surface area contributed by atoms with E-state index in [1.54, 1.807) is 42.6 Å². The van der Waals surface area contributed by atoms with Crippen LogP contribution in [0.3, 0.4) is 0 Å². The van der Waals surface area contributed by atoms with E-state index in [4.69, 9.17) is 22.3 Å². The maximum Gasteiger partial charge on any atom is 0.223 e. The van der Waals surface area contributed by atoms with E-state index in [2.05, 4.69) is 21.9 Å². The fourth-order valence-electron chi connectivity index (χ4n) is 4.73. The van der Waals surface area contributed by atoms with Crippen LogP contribution in [0.25, 0.3) is 22.0 Å². The van der Waals surface area contributed by atoms with Crippen molar-refractivity contribution in [2.24, 2.45) is 5.73 Å². The highest BCUT2D eigenvalue weighted by Gasteiger charge is 2.20. The predicted molar refractivity (Wildman–Crippen MR) is 150 cm³/mol. The van der Waals surface area contributed by atoms with Gasteiger partial charge in [-0.05, 0) is 79.6 Å². The van der Waals surface area contributed by atoms with Gasteiger partial charge >= 0.3 is 0 Å². The molecule has 4 N–H and O–H groups in total. The molecule has 1 aliphatic rings. The Kier molecular flexibility index (Phi) is 7.81. The molecule has 4 aromatic rings. The molecule has 1 unspecified atom stereocenters. The van der Waals surface area contributed by atoms with Gasteiger partial charge in [-0.3, -0.25) is 0 Å². The summed E-state index contributed by atoms with van der Waals surface area (Å²) >= 11 is 4.52. The van der Waals surface area contributed by atoms with Crippen molar-refractivity contribution in [1.29, 1.82) is 0 Å². The van der Waals surface area contributed by atoms with Gasteiger partial charge in [-0.1, -0.05) is 30.7 Å². The molecule has 0 saturated heterocycles. The standard InChI is InChI=1S/C28H29ClFN5OS/c1-2-17-13-18(14-19-16-32-28(34-27(17)19)33-21-9-7-20(31)8-10-21)23-12-11-22(15-25(23)30)35-37(36)26-6-4-3-5-24(26)29/h3-6,11-16,20-21,35H,2,7-10,31H2,1H3,(H,32,33,34)/t20-,21-,37?. The van der Waals surface area contributed by atoms with E-state index < -0.39 is 17.2 Å². The number of aromatic nitrogens is 2. The lowest BCUT2D eigenvalue weighted by molar-refractivity contribution is 0.410. The van der Waals surface area contributed by atoms with Crippen LogP contribution in [0.4, 0.5) is 16.0 Å². The monoisotopic (exact) mass is 537 g/mol. The first-order valence-electron chi connectivity index (χ1n) is 12.5. The lowest BCUT2D eigenvalue weighted by Gasteiger charge is -2.26. The van der Waals surface area contributed by atoms with Crippen LogP contribution in [0.5, 0.6) is 0 Å². The summed E-state index contributed by atoms with van der Waals surface area (Å²) in [4.78, 5) is 9.77. The Morgan fingerprint density at radius 3 is 2.62 bits per heavy atom. The van der Waals surface area contributed by atoms with E-state index in [9.17, 15) is 4.55 Å². The molecule has 3 aromatic carbocycles. The summed E-state index contributed by atoms with van der Waals surface area (Å²) in [5.74, 6) is 0.195. The van der Waals surface area contributed by atoms with Gasteiger partial charge in [0.1, 0.15) is 17.2 Å². The second kappa shape index (κ2) is 11.2. The fraction of sp³-hybridized carbons (Fsp3) is 0.286. The Morgan fingerprint density at radius 2 is 1.89 bits per heavy atom. The van der Waals surface area contributed by atoms with Gasteiger partial charge < -0.3 is 15.6 Å². The molecule has 6 nitrogen and oxygen atoms in total. The molecule has 1 fully saturated rings. The highest BCUT2D eigenvalue weighted by Crippen LogP contribution is 2.32. The molecular weight excluding hydrogens is 509 g/mol. The Bertz CT molecular complexity index is 1410. The topological polar surface area (TPSA) is 98.9 Å². The first kappa shape index (κ1) is 25.7. The van der Waals surface area contributed by atoms with Crippen LogP contribution in [0, 0.1) is 5.82 Å². The molecule has 0 amide bonds. The molecular formula is C28H29ClFN5OS. The summed E-state index contributed by atoms with van der Waals surface area (Å²) in [5, 5.41) is 4.70. The summed E-state index contributed by atoms with van der Waals surface area (Å²) in [6.45, 7) is 2.06. The normalized spacial score (nSPS) is 18.5. The lowest BCUT2D eigenvalue weighted by atomic mass is 9.92. The zero-order valence-corrected chi connectivity index (χ0v) is 22.1. The second-order valence-electron chi connectivity index (χ2n) is 9.37. The van der Waals surface area contributed by atoms with Crippen molar-refractivity contribution in [2.75, 3.05) is 10.0 Å².